The maximum atomic E-state index is 13.3. The van der Waals surface area contributed by atoms with Crippen LogP contribution in [0.2, 0.25) is 5.02 Å². The Bertz CT molecular complexity index is 1130. The van der Waals surface area contributed by atoms with Crippen LogP contribution >= 0.6 is 11.6 Å². The largest absolute Gasteiger partial charge is 0.340 e. The molecule has 3 aromatic rings. The molecule has 0 saturated heterocycles. The SMILES string of the molecule is CC(C)CN(C)C(=O)c1cn2cc(-c3cccc(Cl)c3)n(CC3CC3)c(=O)c2n1. The zero-order chi connectivity index (χ0) is 20.7. The molecular weight excluding hydrogens is 388 g/mol. The molecule has 0 atom stereocenters. The lowest BCUT2D eigenvalue weighted by Crippen LogP contribution is -2.30. The van der Waals surface area contributed by atoms with Crippen LogP contribution in [0.3, 0.4) is 0 Å². The Morgan fingerprint density at radius 1 is 1.31 bits per heavy atom. The summed E-state index contributed by atoms with van der Waals surface area (Å²) >= 11 is 6.19. The van der Waals surface area contributed by atoms with Gasteiger partial charge in [-0.3, -0.25) is 14.0 Å². The van der Waals surface area contributed by atoms with Crippen LogP contribution < -0.4 is 5.56 Å². The highest BCUT2D eigenvalue weighted by molar-refractivity contribution is 6.30. The smallest absolute Gasteiger partial charge is 0.294 e. The van der Waals surface area contributed by atoms with Gasteiger partial charge in [0, 0.05) is 43.1 Å². The zero-order valence-electron chi connectivity index (χ0n) is 16.9. The van der Waals surface area contributed by atoms with Crippen LogP contribution in [0.25, 0.3) is 16.9 Å². The highest BCUT2D eigenvalue weighted by Crippen LogP contribution is 2.32. The summed E-state index contributed by atoms with van der Waals surface area (Å²) in [5.41, 5.74) is 2.03. The van der Waals surface area contributed by atoms with Crippen LogP contribution in [0.1, 0.15) is 37.2 Å². The fourth-order valence-electron chi connectivity index (χ4n) is 3.63. The van der Waals surface area contributed by atoms with E-state index >= 15 is 0 Å². The number of nitrogens with zero attached hydrogens (tertiary/aromatic N) is 4. The molecule has 2 heterocycles. The average Bonchev–Trinajstić information content (AvgIpc) is 3.38. The lowest BCUT2D eigenvalue weighted by Gasteiger charge is -2.17. The van der Waals surface area contributed by atoms with Crippen molar-refractivity contribution in [1.29, 1.82) is 0 Å². The van der Waals surface area contributed by atoms with Gasteiger partial charge in [0.2, 0.25) is 5.65 Å². The normalized spacial score (nSPS) is 14.0. The number of halogens is 1. The van der Waals surface area contributed by atoms with Gasteiger partial charge in [-0.25, -0.2) is 4.98 Å². The molecule has 0 N–H and O–H groups in total. The van der Waals surface area contributed by atoms with Crippen LogP contribution in [0.15, 0.2) is 41.5 Å². The third-order valence-corrected chi connectivity index (χ3v) is 5.42. The summed E-state index contributed by atoms with van der Waals surface area (Å²) in [6.45, 7) is 5.40. The summed E-state index contributed by atoms with van der Waals surface area (Å²) in [7, 11) is 1.76. The molecule has 4 rings (SSSR count). The van der Waals surface area contributed by atoms with Gasteiger partial charge in [0.25, 0.3) is 11.5 Å². The molecular formula is C22H25ClN4O2. The van der Waals surface area contributed by atoms with Crippen LogP contribution in [0, 0.1) is 11.8 Å². The number of aromatic nitrogens is 3. The van der Waals surface area contributed by atoms with Crippen LogP contribution in [-0.4, -0.2) is 38.4 Å². The minimum absolute atomic E-state index is 0.181. The van der Waals surface area contributed by atoms with E-state index in [4.69, 9.17) is 11.6 Å². The van der Waals surface area contributed by atoms with E-state index in [1.54, 1.807) is 27.1 Å². The first-order valence-corrected chi connectivity index (χ1v) is 10.3. The number of fused-ring (bicyclic) bond motifs is 1. The Kier molecular flexibility index (Phi) is 5.21. The van der Waals surface area contributed by atoms with Gasteiger partial charge in [0.15, 0.2) is 0 Å². The highest BCUT2D eigenvalue weighted by atomic mass is 35.5. The van der Waals surface area contributed by atoms with E-state index in [1.165, 1.54) is 0 Å². The molecule has 0 unspecified atom stereocenters. The van der Waals surface area contributed by atoms with Crippen molar-refractivity contribution in [3.63, 3.8) is 0 Å². The van der Waals surface area contributed by atoms with Crippen molar-refractivity contribution in [3.05, 3.63) is 57.7 Å². The number of imidazole rings is 1. The van der Waals surface area contributed by atoms with Crippen molar-refractivity contribution in [2.24, 2.45) is 11.8 Å². The summed E-state index contributed by atoms with van der Waals surface area (Å²) < 4.78 is 3.44. The molecule has 29 heavy (non-hydrogen) atoms. The highest BCUT2D eigenvalue weighted by Gasteiger charge is 2.25. The van der Waals surface area contributed by atoms with Gasteiger partial charge < -0.3 is 9.47 Å². The zero-order valence-corrected chi connectivity index (χ0v) is 17.7. The molecule has 2 aromatic heterocycles. The number of hydrogen-bond donors (Lipinski definition) is 0. The molecule has 0 bridgehead atoms. The van der Waals surface area contributed by atoms with E-state index in [9.17, 15) is 9.59 Å². The van der Waals surface area contributed by atoms with Gasteiger partial charge in [0.1, 0.15) is 5.69 Å². The number of carbonyl (C=O) groups is 1. The fraction of sp³-hybridized carbons (Fsp3) is 0.409. The predicted octanol–water partition coefficient (Wildman–Crippen LogP) is 3.95. The maximum Gasteiger partial charge on any atom is 0.294 e. The monoisotopic (exact) mass is 412 g/mol. The third kappa shape index (κ3) is 4.08. The van der Waals surface area contributed by atoms with Gasteiger partial charge in [-0.1, -0.05) is 37.6 Å². The molecule has 0 aliphatic heterocycles. The van der Waals surface area contributed by atoms with Crippen molar-refractivity contribution in [1.82, 2.24) is 18.9 Å². The molecule has 1 aliphatic carbocycles. The molecule has 6 nitrogen and oxygen atoms in total. The van der Waals surface area contributed by atoms with E-state index in [-0.39, 0.29) is 22.8 Å². The second kappa shape index (κ2) is 7.67. The standard InChI is InChI=1S/C22H25ClN4O2/c1-14(2)10-25(3)21(28)18-12-26-13-19(16-5-4-6-17(23)9-16)27(11-15-7-8-15)22(29)20(26)24-18/h4-6,9,12-15H,7-8,10-11H2,1-3H3. The molecule has 1 saturated carbocycles. The molecule has 1 aromatic carbocycles. The molecule has 1 fully saturated rings. The Balaban J connectivity index is 1.83. The van der Waals surface area contributed by atoms with Crippen molar-refractivity contribution in [2.75, 3.05) is 13.6 Å². The van der Waals surface area contributed by atoms with E-state index in [1.807, 2.05) is 30.5 Å². The molecule has 1 aliphatic rings. The van der Waals surface area contributed by atoms with Crippen LogP contribution in [0.5, 0.6) is 0 Å². The molecule has 0 radical (unpaired) electrons. The minimum atomic E-state index is -0.181. The quantitative estimate of drug-likeness (QED) is 0.615. The number of carbonyl (C=O) groups excluding carboxylic acids is 1. The van der Waals surface area contributed by atoms with Crippen molar-refractivity contribution < 1.29 is 4.79 Å². The predicted molar refractivity (Wildman–Crippen MR) is 114 cm³/mol. The summed E-state index contributed by atoms with van der Waals surface area (Å²) in [5.74, 6) is 0.687. The molecule has 152 valence electrons. The number of rotatable bonds is 6. The van der Waals surface area contributed by atoms with E-state index < -0.39 is 0 Å². The number of benzene rings is 1. The van der Waals surface area contributed by atoms with Crippen molar-refractivity contribution >= 4 is 23.2 Å². The fourth-order valence-corrected chi connectivity index (χ4v) is 3.82. The summed E-state index contributed by atoms with van der Waals surface area (Å²) in [6, 6.07) is 7.48. The molecule has 1 amide bonds. The summed E-state index contributed by atoms with van der Waals surface area (Å²) in [4.78, 5) is 32.1. The first-order chi connectivity index (χ1) is 13.8. The first kappa shape index (κ1) is 19.7. The van der Waals surface area contributed by atoms with Gasteiger partial charge >= 0.3 is 0 Å². The lowest BCUT2D eigenvalue weighted by atomic mass is 10.1. The topological polar surface area (TPSA) is 59.6 Å². The first-order valence-electron chi connectivity index (χ1n) is 9.97. The van der Waals surface area contributed by atoms with E-state index in [0.717, 1.165) is 24.1 Å². The molecule has 7 heteroatoms. The van der Waals surface area contributed by atoms with E-state index in [0.29, 0.717) is 29.9 Å². The van der Waals surface area contributed by atoms with Crippen LogP contribution in [-0.2, 0) is 6.54 Å². The Labute approximate surface area is 174 Å². The Morgan fingerprint density at radius 2 is 2.07 bits per heavy atom. The third-order valence-electron chi connectivity index (χ3n) is 5.18. The lowest BCUT2D eigenvalue weighted by molar-refractivity contribution is 0.0774. The van der Waals surface area contributed by atoms with Gasteiger partial charge in [0.05, 0.1) is 5.69 Å². The van der Waals surface area contributed by atoms with Crippen molar-refractivity contribution in [3.8, 4) is 11.3 Å². The number of hydrogen-bond acceptors (Lipinski definition) is 3. The summed E-state index contributed by atoms with van der Waals surface area (Å²) in [6.07, 6.45) is 5.78. The van der Waals surface area contributed by atoms with Gasteiger partial charge in [-0.2, -0.15) is 0 Å². The second-order valence-corrected chi connectivity index (χ2v) is 8.76. The average molecular weight is 413 g/mol. The van der Waals surface area contributed by atoms with Gasteiger partial charge in [-0.05, 0) is 36.8 Å². The molecule has 0 spiro atoms. The minimum Gasteiger partial charge on any atom is -0.340 e. The van der Waals surface area contributed by atoms with Crippen molar-refractivity contribution in [2.45, 2.75) is 33.2 Å². The van der Waals surface area contributed by atoms with E-state index in [2.05, 4.69) is 18.8 Å². The second-order valence-electron chi connectivity index (χ2n) is 8.32. The maximum absolute atomic E-state index is 13.3. The Morgan fingerprint density at radius 3 is 2.72 bits per heavy atom. The van der Waals surface area contributed by atoms with Gasteiger partial charge in [-0.15, -0.1) is 0 Å². The number of amides is 1. The van der Waals surface area contributed by atoms with Crippen LogP contribution in [0.4, 0.5) is 0 Å². The Hall–Kier alpha value is -2.60. The summed E-state index contributed by atoms with van der Waals surface area (Å²) in [5, 5.41) is 0.616.